The lowest BCUT2D eigenvalue weighted by molar-refractivity contribution is -0.386. The maximum atomic E-state index is 12.3. The Morgan fingerprint density at radius 2 is 1.97 bits per heavy atom. The molecule has 0 aliphatic carbocycles. The van der Waals surface area contributed by atoms with E-state index >= 15 is 0 Å². The number of ether oxygens (including phenoxy) is 2. The summed E-state index contributed by atoms with van der Waals surface area (Å²) in [5, 5.41) is 18.0. The summed E-state index contributed by atoms with van der Waals surface area (Å²) in [6, 6.07) is 5.51. The highest BCUT2D eigenvalue weighted by atomic mass is 16.6. The van der Waals surface area contributed by atoms with Crippen molar-refractivity contribution >= 4 is 11.6 Å². The number of likely N-dealkylation sites (N-methyl/N-ethyl adjacent to an activating group) is 1. The third-order valence-corrected chi connectivity index (χ3v) is 5.10. The highest BCUT2D eigenvalue weighted by molar-refractivity contribution is 5.75. The van der Waals surface area contributed by atoms with Crippen LogP contribution < -0.4 is 14.8 Å². The molecule has 0 radical (unpaired) electrons. The Labute approximate surface area is 182 Å². The Morgan fingerprint density at radius 1 is 1.26 bits per heavy atom. The molecule has 0 saturated carbocycles. The van der Waals surface area contributed by atoms with Crippen LogP contribution in [0.2, 0.25) is 0 Å². The van der Waals surface area contributed by atoms with Crippen LogP contribution in [-0.4, -0.2) is 58.9 Å². The topological polar surface area (TPSA) is 112 Å². The highest BCUT2D eigenvalue weighted by Crippen LogP contribution is 2.28. The number of benzene rings is 1. The minimum absolute atomic E-state index is 0.0610. The Bertz CT molecular complexity index is 908. The van der Waals surface area contributed by atoms with Crippen LogP contribution in [0.25, 0.3) is 0 Å². The standard InChI is InChI=1S/C21H31N5O5/c1-6-24(7-2)10-11-31-18-9-8-17(12-19(18)30-5)13-22-20(27)14-25-16(4)21(26(28)29)15(3)23-25/h8-9,12H,6-7,10-11,13-14H2,1-5H3,(H,22,27). The molecular weight excluding hydrogens is 402 g/mol. The smallest absolute Gasteiger partial charge is 0.312 e. The third-order valence-electron chi connectivity index (χ3n) is 5.10. The molecule has 1 aromatic heterocycles. The first-order valence-corrected chi connectivity index (χ1v) is 10.3. The lowest BCUT2D eigenvalue weighted by atomic mass is 10.2. The molecule has 0 bridgehead atoms. The molecule has 1 aromatic carbocycles. The predicted octanol–water partition coefficient (Wildman–Crippen LogP) is 2.45. The van der Waals surface area contributed by atoms with Crippen molar-refractivity contribution in [2.24, 2.45) is 0 Å². The Morgan fingerprint density at radius 3 is 2.55 bits per heavy atom. The second-order valence-corrected chi connectivity index (χ2v) is 7.07. The minimum Gasteiger partial charge on any atom is -0.493 e. The van der Waals surface area contributed by atoms with E-state index in [0.29, 0.717) is 23.8 Å². The number of rotatable bonds is 12. The van der Waals surface area contributed by atoms with Crippen molar-refractivity contribution in [3.63, 3.8) is 0 Å². The fourth-order valence-electron chi connectivity index (χ4n) is 3.26. The van der Waals surface area contributed by atoms with Crippen molar-refractivity contribution in [2.45, 2.75) is 40.8 Å². The van der Waals surface area contributed by atoms with Crippen LogP contribution >= 0.6 is 0 Å². The van der Waals surface area contributed by atoms with Gasteiger partial charge in [0.05, 0.1) is 12.0 Å². The molecule has 0 aliphatic heterocycles. The minimum atomic E-state index is -0.482. The van der Waals surface area contributed by atoms with Crippen LogP contribution in [0.3, 0.4) is 0 Å². The molecule has 2 aromatic rings. The van der Waals surface area contributed by atoms with E-state index in [-0.39, 0.29) is 30.4 Å². The molecule has 1 amide bonds. The van der Waals surface area contributed by atoms with Crippen LogP contribution in [0.1, 0.15) is 30.8 Å². The van der Waals surface area contributed by atoms with Gasteiger partial charge in [0.25, 0.3) is 0 Å². The molecule has 170 valence electrons. The van der Waals surface area contributed by atoms with Crippen molar-refractivity contribution < 1.29 is 19.2 Å². The van der Waals surface area contributed by atoms with Gasteiger partial charge in [-0.25, -0.2) is 0 Å². The molecule has 0 fully saturated rings. The molecule has 1 heterocycles. The Balaban J connectivity index is 1.94. The lowest BCUT2D eigenvalue weighted by Crippen LogP contribution is -2.28. The summed E-state index contributed by atoms with van der Waals surface area (Å²) in [6.07, 6.45) is 0. The van der Waals surface area contributed by atoms with E-state index in [1.165, 1.54) is 4.68 Å². The molecule has 2 rings (SSSR count). The third kappa shape index (κ3) is 6.42. The maximum absolute atomic E-state index is 12.3. The van der Waals surface area contributed by atoms with Crippen LogP contribution in [0, 0.1) is 24.0 Å². The van der Waals surface area contributed by atoms with Gasteiger partial charge in [-0.3, -0.25) is 19.6 Å². The van der Waals surface area contributed by atoms with Gasteiger partial charge in [-0.2, -0.15) is 5.10 Å². The van der Waals surface area contributed by atoms with E-state index < -0.39 is 4.92 Å². The fourth-order valence-corrected chi connectivity index (χ4v) is 3.26. The number of nitrogens with zero attached hydrogens (tertiary/aromatic N) is 4. The van der Waals surface area contributed by atoms with Crippen LogP contribution in [0.4, 0.5) is 5.69 Å². The number of carbonyl (C=O) groups excluding carboxylic acids is 1. The number of hydrogen-bond donors (Lipinski definition) is 1. The van der Waals surface area contributed by atoms with Gasteiger partial charge in [0.1, 0.15) is 24.5 Å². The molecule has 0 aliphatic rings. The molecule has 0 spiro atoms. The van der Waals surface area contributed by atoms with Gasteiger partial charge >= 0.3 is 5.69 Å². The molecule has 10 nitrogen and oxygen atoms in total. The molecule has 0 atom stereocenters. The molecule has 10 heteroatoms. The van der Waals surface area contributed by atoms with E-state index in [1.807, 2.05) is 18.2 Å². The first-order chi connectivity index (χ1) is 14.8. The summed E-state index contributed by atoms with van der Waals surface area (Å²) in [5.74, 6) is 0.958. The molecule has 0 saturated heterocycles. The van der Waals surface area contributed by atoms with Crippen molar-refractivity contribution in [1.82, 2.24) is 20.0 Å². The van der Waals surface area contributed by atoms with E-state index in [4.69, 9.17) is 9.47 Å². The summed E-state index contributed by atoms with van der Waals surface area (Å²) in [4.78, 5) is 25.2. The zero-order valence-electron chi connectivity index (χ0n) is 18.8. The summed E-state index contributed by atoms with van der Waals surface area (Å²) in [7, 11) is 1.57. The number of nitrogens with one attached hydrogen (secondary N) is 1. The molecule has 0 unspecified atom stereocenters. The normalized spacial score (nSPS) is 10.9. The number of methoxy groups -OCH3 is 1. The SMILES string of the molecule is CCN(CC)CCOc1ccc(CNC(=O)Cn2nc(C)c([N+](=O)[O-])c2C)cc1OC. The van der Waals surface area contributed by atoms with Gasteiger partial charge in [-0.15, -0.1) is 0 Å². The summed E-state index contributed by atoms with van der Waals surface area (Å²) in [5.41, 5.74) is 1.43. The molecular formula is C21H31N5O5. The number of aryl methyl sites for hydroxylation is 1. The van der Waals surface area contributed by atoms with E-state index in [0.717, 1.165) is 25.2 Å². The van der Waals surface area contributed by atoms with Gasteiger partial charge in [0.2, 0.25) is 5.91 Å². The lowest BCUT2D eigenvalue weighted by Gasteiger charge is -2.19. The number of hydrogen-bond acceptors (Lipinski definition) is 7. The Hall–Kier alpha value is -3.14. The van der Waals surface area contributed by atoms with Crippen molar-refractivity contribution in [3.8, 4) is 11.5 Å². The first-order valence-electron chi connectivity index (χ1n) is 10.3. The molecule has 31 heavy (non-hydrogen) atoms. The zero-order valence-corrected chi connectivity index (χ0v) is 18.8. The maximum Gasteiger partial charge on any atom is 0.312 e. The van der Waals surface area contributed by atoms with Gasteiger partial charge in [-0.05, 0) is 44.6 Å². The quantitative estimate of drug-likeness (QED) is 0.404. The number of carbonyl (C=O) groups is 1. The van der Waals surface area contributed by atoms with Gasteiger partial charge < -0.3 is 19.7 Å². The van der Waals surface area contributed by atoms with E-state index in [9.17, 15) is 14.9 Å². The van der Waals surface area contributed by atoms with Gasteiger partial charge in [0.15, 0.2) is 11.5 Å². The van der Waals surface area contributed by atoms with Crippen LogP contribution in [0.5, 0.6) is 11.5 Å². The van der Waals surface area contributed by atoms with Crippen LogP contribution in [0.15, 0.2) is 18.2 Å². The highest BCUT2D eigenvalue weighted by Gasteiger charge is 2.22. The average Bonchev–Trinajstić information content (AvgIpc) is 3.02. The monoisotopic (exact) mass is 433 g/mol. The zero-order chi connectivity index (χ0) is 23.0. The van der Waals surface area contributed by atoms with Crippen molar-refractivity contribution in [1.29, 1.82) is 0 Å². The number of nitro groups is 1. The van der Waals surface area contributed by atoms with Gasteiger partial charge in [-0.1, -0.05) is 19.9 Å². The summed E-state index contributed by atoms with van der Waals surface area (Å²) < 4.78 is 12.6. The first kappa shape index (κ1) is 24.1. The van der Waals surface area contributed by atoms with Crippen LogP contribution in [-0.2, 0) is 17.9 Å². The largest absolute Gasteiger partial charge is 0.493 e. The average molecular weight is 434 g/mol. The number of aromatic nitrogens is 2. The summed E-state index contributed by atoms with van der Waals surface area (Å²) in [6.45, 7) is 10.9. The predicted molar refractivity (Wildman–Crippen MR) is 116 cm³/mol. The van der Waals surface area contributed by atoms with Crippen molar-refractivity contribution in [3.05, 3.63) is 45.3 Å². The number of amides is 1. The van der Waals surface area contributed by atoms with Gasteiger partial charge in [0, 0.05) is 13.1 Å². The van der Waals surface area contributed by atoms with E-state index in [2.05, 4.69) is 29.2 Å². The Kier molecular flexibility index (Phi) is 8.80. The second kappa shape index (κ2) is 11.3. The second-order valence-electron chi connectivity index (χ2n) is 7.07. The van der Waals surface area contributed by atoms with E-state index in [1.54, 1.807) is 21.0 Å². The molecule has 1 N–H and O–H groups in total. The van der Waals surface area contributed by atoms with Crippen molar-refractivity contribution in [2.75, 3.05) is 33.4 Å². The summed E-state index contributed by atoms with van der Waals surface area (Å²) >= 11 is 0. The fraction of sp³-hybridized carbons (Fsp3) is 0.524.